The normalized spacial score (nSPS) is 12.9. The summed E-state index contributed by atoms with van der Waals surface area (Å²) in [6.45, 7) is 6.90. The van der Waals surface area contributed by atoms with E-state index >= 15 is 0 Å². The highest BCUT2D eigenvalue weighted by Crippen LogP contribution is 2.37. The topological polar surface area (TPSA) is 0 Å². The van der Waals surface area contributed by atoms with Gasteiger partial charge in [0.1, 0.15) is 0 Å². The van der Waals surface area contributed by atoms with Crippen LogP contribution in [-0.2, 0) is 0 Å². The molecule has 0 aliphatic rings. The van der Waals surface area contributed by atoms with Gasteiger partial charge in [0, 0.05) is 11.0 Å². The van der Waals surface area contributed by atoms with Gasteiger partial charge in [-0.2, -0.15) is 0 Å². The third kappa shape index (κ3) is 7.05. The molecule has 0 amide bonds. The molecule has 96 valence electrons. The molecule has 0 heterocycles. The monoisotopic (exact) mass is 268 g/mol. The molecule has 1 aromatic rings. The van der Waals surface area contributed by atoms with Crippen molar-refractivity contribution in [2.75, 3.05) is 5.75 Å². The molecule has 17 heavy (non-hydrogen) atoms. The molecule has 0 radical (unpaired) electrons. The van der Waals surface area contributed by atoms with Crippen molar-refractivity contribution in [3.63, 3.8) is 0 Å². The second-order valence-corrected chi connectivity index (χ2v) is 7.69. The highest BCUT2D eigenvalue weighted by molar-refractivity contribution is 8.76. The van der Waals surface area contributed by atoms with E-state index in [1.165, 1.54) is 30.6 Å². The summed E-state index contributed by atoms with van der Waals surface area (Å²) in [6.07, 6.45) is 4.11. The summed E-state index contributed by atoms with van der Waals surface area (Å²) in [6, 6.07) is 10.8. The zero-order valence-electron chi connectivity index (χ0n) is 11.2. The lowest BCUT2D eigenvalue weighted by Gasteiger charge is -2.10. The van der Waals surface area contributed by atoms with Gasteiger partial charge in [0.2, 0.25) is 0 Å². The van der Waals surface area contributed by atoms with Crippen molar-refractivity contribution in [2.24, 2.45) is 5.92 Å². The molecule has 0 aliphatic carbocycles. The van der Waals surface area contributed by atoms with E-state index in [0.717, 1.165) is 5.92 Å². The maximum atomic E-state index is 2.30. The summed E-state index contributed by atoms with van der Waals surface area (Å²) < 4.78 is 0. The Bertz CT molecular complexity index is 282. The van der Waals surface area contributed by atoms with Gasteiger partial charge < -0.3 is 0 Å². The molecule has 1 rings (SSSR count). The Hall–Kier alpha value is -0.0800. The Morgan fingerprint density at radius 2 is 1.71 bits per heavy atom. The quantitative estimate of drug-likeness (QED) is 0.422. The Kier molecular flexibility index (Phi) is 7.87. The first-order valence-corrected chi connectivity index (χ1v) is 8.91. The molecule has 0 fully saturated rings. The summed E-state index contributed by atoms with van der Waals surface area (Å²) in [5.41, 5.74) is 1.44. The van der Waals surface area contributed by atoms with Crippen molar-refractivity contribution >= 4 is 21.6 Å². The third-order valence-corrected chi connectivity index (χ3v) is 5.67. The second kappa shape index (κ2) is 8.93. The molecule has 0 saturated heterocycles. The van der Waals surface area contributed by atoms with Gasteiger partial charge in [0.25, 0.3) is 0 Å². The summed E-state index contributed by atoms with van der Waals surface area (Å²) in [4.78, 5) is 0. The Morgan fingerprint density at radius 1 is 1.00 bits per heavy atom. The van der Waals surface area contributed by atoms with Crippen LogP contribution in [0.15, 0.2) is 30.3 Å². The molecular weight excluding hydrogens is 244 g/mol. The zero-order valence-corrected chi connectivity index (χ0v) is 12.8. The van der Waals surface area contributed by atoms with Crippen LogP contribution in [0, 0.1) is 5.92 Å². The van der Waals surface area contributed by atoms with E-state index in [0.29, 0.717) is 5.25 Å². The fourth-order valence-corrected chi connectivity index (χ4v) is 4.12. The van der Waals surface area contributed by atoms with Crippen LogP contribution < -0.4 is 0 Å². The predicted molar refractivity (Wildman–Crippen MR) is 83.6 cm³/mol. The molecular formula is C15H24S2. The van der Waals surface area contributed by atoms with Gasteiger partial charge in [0.15, 0.2) is 0 Å². The number of hydrogen-bond donors (Lipinski definition) is 0. The van der Waals surface area contributed by atoms with Gasteiger partial charge in [0.05, 0.1) is 0 Å². The first-order valence-electron chi connectivity index (χ1n) is 6.53. The minimum atomic E-state index is 0.603. The van der Waals surface area contributed by atoms with Crippen LogP contribution in [0.3, 0.4) is 0 Å². The molecule has 0 spiro atoms. The molecule has 0 N–H and O–H groups in total. The van der Waals surface area contributed by atoms with Crippen molar-refractivity contribution in [1.82, 2.24) is 0 Å². The molecule has 1 aromatic carbocycles. The Labute approximate surface area is 114 Å². The van der Waals surface area contributed by atoms with Crippen molar-refractivity contribution in [2.45, 2.75) is 45.3 Å². The van der Waals surface area contributed by atoms with Crippen molar-refractivity contribution in [3.05, 3.63) is 35.9 Å². The molecule has 0 nitrogen and oxygen atoms in total. The summed E-state index contributed by atoms with van der Waals surface area (Å²) in [7, 11) is 4.03. The zero-order chi connectivity index (χ0) is 12.5. The van der Waals surface area contributed by atoms with Crippen LogP contribution in [0.2, 0.25) is 0 Å². The van der Waals surface area contributed by atoms with Crippen LogP contribution in [0.1, 0.15) is 50.8 Å². The average Bonchev–Trinajstić information content (AvgIpc) is 2.34. The van der Waals surface area contributed by atoms with E-state index in [2.05, 4.69) is 51.1 Å². The van der Waals surface area contributed by atoms with Crippen LogP contribution in [-0.4, -0.2) is 5.75 Å². The van der Waals surface area contributed by atoms with E-state index in [-0.39, 0.29) is 0 Å². The maximum Gasteiger partial charge on any atom is 0.0372 e. The molecule has 2 heteroatoms. The number of hydrogen-bond acceptors (Lipinski definition) is 2. The number of rotatable bonds is 8. The van der Waals surface area contributed by atoms with Crippen molar-refractivity contribution < 1.29 is 0 Å². The van der Waals surface area contributed by atoms with Gasteiger partial charge in [-0.05, 0) is 24.8 Å². The van der Waals surface area contributed by atoms with Crippen molar-refractivity contribution in [1.29, 1.82) is 0 Å². The molecule has 0 aromatic heterocycles. The minimum Gasteiger partial charge on any atom is -0.0935 e. The van der Waals surface area contributed by atoms with Gasteiger partial charge in [-0.3, -0.25) is 0 Å². The maximum absolute atomic E-state index is 2.30. The minimum absolute atomic E-state index is 0.603. The first kappa shape index (κ1) is 15.0. The first-order chi connectivity index (χ1) is 8.20. The Balaban J connectivity index is 2.07. The SMILES string of the molecule is CC(C)CCCCSSC(C)c1ccccc1. The van der Waals surface area contributed by atoms with E-state index in [9.17, 15) is 0 Å². The average molecular weight is 268 g/mol. The lowest BCUT2D eigenvalue weighted by Crippen LogP contribution is -1.88. The molecule has 1 atom stereocenters. The lowest BCUT2D eigenvalue weighted by atomic mass is 10.1. The molecule has 0 saturated carbocycles. The summed E-state index contributed by atoms with van der Waals surface area (Å²) >= 11 is 0. The highest BCUT2D eigenvalue weighted by Gasteiger charge is 2.05. The fraction of sp³-hybridized carbons (Fsp3) is 0.600. The smallest absolute Gasteiger partial charge is 0.0372 e. The molecule has 0 bridgehead atoms. The standard InChI is InChI=1S/C15H24S2/c1-13(2)9-7-8-12-16-17-14(3)15-10-5-4-6-11-15/h4-6,10-11,13-14H,7-9,12H2,1-3H3. The van der Waals surface area contributed by atoms with E-state index in [1.54, 1.807) is 0 Å². The molecule has 1 unspecified atom stereocenters. The lowest BCUT2D eigenvalue weighted by molar-refractivity contribution is 0.552. The largest absolute Gasteiger partial charge is 0.0935 e. The van der Waals surface area contributed by atoms with E-state index in [1.807, 2.05) is 21.6 Å². The number of unbranched alkanes of at least 4 members (excludes halogenated alkanes) is 1. The van der Waals surface area contributed by atoms with Crippen LogP contribution in [0.5, 0.6) is 0 Å². The van der Waals surface area contributed by atoms with Crippen LogP contribution >= 0.6 is 21.6 Å². The third-order valence-electron chi connectivity index (χ3n) is 2.74. The number of benzene rings is 1. The highest BCUT2D eigenvalue weighted by atomic mass is 33.1. The molecule has 0 aliphatic heterocycles. The summed E-state index contributed by atoms with van der Waals surface area (Å²) in [5.74, 6) is 2.14. The van der Waals surface area contributed by atoms with Gasteiger partial charge in [-0.15, -0.1) is 0 Å². The van der Waals surface area contributed by atoms with Gasteiger partial charge >= 0.3 is 0 Å². The van der Waals surface area contributed by atoms with E-state index < -0.39 is 0 Å². The predicted octanol–water partition coefficient (Wildman–Crippen LogP) is 5.96. The summed E-state index contributed by atoms with van der Waals surface area (Å²) in [5, 5.41) is 0.603. The van der Waals surface area contributed by atoms with Crippen molar-refractivity contribution in [3.8, 4) is 0 Å². The van der Waals surface area contributed by atoms with Gasteiger partial charge in [-0.1, -0.05) is 78.6 Å². The second-order valence-electron chi connectivity index (χ2n) is 4.86. The van der Waals surface area contributed by atoms with Crippen LogP contribution in [0.25, 0.3) is 0 Å². The van der Waals surface area contributed by atoms with Crippen LogP contribution in [0.4, 0.5) is 0 Å². The van der Waals surface area contributed by atoms with E-state index in [4.69, 9.17) is 0 Å². The Morgan fingerprint density at radius 3 is 2.35 bits per heavy atom. The van der Waals surface area contributed by atoms with Gasteiger partial charge in [-0.25, -0.2) is 0 Å². The fourth-order valence-electron chi connectivity index (χ4n) is 1.64.